The van der Waals surface area contributed by atoms with Crippen LogP contribution in [-0.4, -0.2) is 0 Å². The van der Waals surface area contributed by atoms with Crippen molar-refractivity contribution in [1.29, 1.82) is 0 Å². The summed E-state index contributed by atoms with van der Waals surface area (Å²) in [7, 11) is 0. The Hall–Kier alpha value is 1.10. The molecule has 63 valence electrons. The summed E-state index contributed by atoms with van der Waals surface area (Å²) in [4.78, 5) is 0. The van der Waals surface area contributed by atoms with Gasteiger partial charge in [-0.2, -0.15) is 12.3 Å². The number of hydrogen-bond acceptors (Lipinski definition) is 0. The van der Waals surface area contributed by atoms with Gasteiger partial charge in [-0.3, -0.25) is 0 Å². The first kappa shape index (κ1) is 12.1. The van der Waals surface area contributed by atoms with E-state index in [9.17, 15) is 0 Å². The molecule has 1 aliphatic rings. The molecule has 1 rings (SSSR count). The van der Waals surface area contributed by atoms with Gasteiger partial charge in [0.2, 0.25) is 0 Å². The molecule has 0 spiro atoms. The van der Waals surface area contributed by atoms with Crippen molar-refractivity contribution in [1.82, 2.24) is 0 Å². The van der Waals surface area contributed by atoms with Crippen molar-refractivity contribution >= 4 is 0 Å². The number of hydrogen-bond donors (Lipinski definition) is 0. The monoisotopic (exact) mass is 228 g/mol. The molecule has 0 aromatic carbocycles. The van der Waals surface area contributed by atoms with Crippen LogP contribution in [0, 0.1) is 24.2 Å². The molecular weight excluding hydrogens is 209 g/mol. The van der Waals surface area contributed by atoms with Gasteiger partial charge in [-0.1, -0.05) is 45.4 Å². The predicted molar refractivity (Wildman–Crippen MR) is 45.6 cm³/mol. The Labute approximate surface area is 96.4 Å². The fourth-order valence-electron chi connectivity index (χ4n) is 1.73. The fourth-order valence-corrected chi connectivity index (χ4v) is 1.73. The van der Waals surface area contributed by atoms with Gasteiger partial charge in [0, 0.05) is 32.7 Å². The van der Waals surface area contributed by atoms with E-state index in [1.54, 1.807) is 0 Å². The molecule has 0 aromatic heterocycles. The summed E-state index contributed by atoms with van der Waals surface area (Å²) < 4.78 is 0. The molecule has 0 saturated heterocycles. The van der Waals surface area contributed by atoms with Crippen molar-refractivity contribution in [3.05, 3.63) is 6.42 Å². The fraction of sp³-hybridized carbons (Fsp3) is 0.900. The van der Waals surface area contributed by atoms with Crippen molar-refractivity contribution < 1.29 is 32.7 Å². The summed E-state index contributed by atoms with van der Waals surface area (Å²) in [6, 6.07) is 0. The second-order valence-electron chi connectivity index (χ2n) is 4.06. The summed E-state index contributed by atoms with van der Waals surface area (Å²) in [5, 5.41) is 0. The summed E-state index contributed by atoms with van der Waals surface area (Å²) >= 11 is 0. The van der Waals surface area contributed by atoms with Gasteiger partial charge in [0.15, 0.2) is 0 Å². The van der Waals surface area contributed by atoms with E-state index in [1.807, 2.05) is 0 Å². The van der Waals surface area contributed by atoms with Crippen LogP contribution in [0.15, 0.2) is 0 Å². The van der Waals surface area contributed by atoms with Gasteiger partial charge in [0.25, 0.3) is 0 Å². The first-order valence-corrected chi connectivity index (χ1v) is 4.53. The molecule has 1 radical (unpaired) electrons. The molecule has 0 nitrogen and oxygen atoms in total. The molecule has 2 atom stereocenters. The zero-order valence-corrected chi connectivity index (χ0v) is 10.8. The number of rotatable bonds is 1. The summed E-state index contributed by atoms with van der Waals surface area (Å²) in [6.45, 7) is 7.02. The summed E-state index contributed by atoms with van der Waals surface area (Å²) in [5.41, 5.74) is 0. The van der Waals surface area contributed by atoms with E-state index in [-0.39, 0.29) is 32.7 Å². The molecule has 1 aliphatic carbocycles. The maximum Gasteiger partial charge on any atom is 0 e. The third kappa shape index (κ3) is 4.03. The van der Waals surface area contributed by atoms with Crippen LogP contribution in [-0.2, 0) is 32.7 Å². The van der Waals surface area contributed by atoms with E-state index >= 15 is 0 Å². The predicted octanol–water partition coefficient (Wildman–Crippen LogP) is 3.28. The minimum Gasteiger partial charge on any atom is -0.325 e. The third-order valence-electron chi connectivity index (χ3n) is 2.69. The minimum atomic E-state index is 0. The van der Waals surface area contributed by atoms with E-state index in [0.717, 1.165) is 17.8 Å². The van der Waals surface area contributed by atoms with Crippen LogP contribution < -0.4 is 0 Å². The van der Waals surface area contributed by atoms with Crippen molar-refractivity contribution in [2.24, 2.45) is 17.8 Å². The van der Waals surface area contributed by atoms with Gasteiger partial charge in [-0.05, 0) is 0 Å². The first-order valence-electron chi connectivity index (χ1n) is 4.53. The van der Waals surface area contributed by atoms with Crippen LogP contribution in [0.1, 0.15) is 40.0 Å². The first-order chi connectivity index (χ1) is 4.70. The average Bonchev–Trinajstić information content (AvgIpc) is 1.88. The molecule has 11 heavy (non-hydrogen) atoms. The van der Waals surface area contributed by atoms with Crippen molar-refractivity contribution in [3.63, 3.8) is 0 Å². The molecule has 0 aliphatic heterocycles. The van der Waals surface area contributed by atoms with Crippen LogP contribution >= 0.6 is 0 Å². The van der Waals surface area contributed by atoms with E-state index < -0.39 is 0 Å². The van der Waals surface area contributed by atoms with Crippen LogP contribution in [0.25, 0.3) is 0 Å². The Balaban J connectivity index is 0.000001000. The SMILES string of the molecule is CC1C[CH-]C(C(C)C)CC1.[Y]. The Kier molecular flexibility index (Phi) is 6.27. The van der Waals surface area contributed by atoms with Gasteiger partial charge >= 0.3 is 0 Å². The van der Waals surface area contributed by atoms with Crippen molar-refractivity contribution in [2.75, 3.05) is 0 Å². The van der Waals surface area contributed by atoms with Gasteiger partial charge < -0.3 is 6.42 Å². The zero-order chi connectivity index (χ0) is 7.56. The van der Waals surface area contributed by atoms with Crippen molar-refractivity contribution in [3.8, 4) is 0 Å². The molecule has 2 unspecified atom stereocenters. The van der Waals surface area contributed by atoms with Gasteiger partial charge in [0.1, 0.15) is 0 Å². The maximum atomic E-state index is 2.53. The van der Waals surface area contributed by atoms with E-state index in [2.05, 4.69) is 27.2 Å². The van der Waals surface area contributed by atoms with Crippen LogP contribution in [0.5, 0.6) is 0 Å². The molecule has 0 bridgehead atoms. The van der Waals surface area contributed by atoms with Gasteiger partial charge in [-0.15, -0.1) is 0 Å². The molecule has 1 fully saturated rings. The molecular formula is C10H19Y-. The zero-order valence-electron chi connectivity index (χ0n) is 8.01. The molecule has 0 aromatic rings. The van der Waals surface area contributed by atoms with Crippen LogP contribution in [0.3, 0.4) is 0 Å². The summed E-state index contributed by atoms with van der Waals surface area (Å²) in [6.07, 6.45) is 6.75. The molecule has 0 heterocycles. The minimum absolute atomic E-state index is 0. The molecule has 0 amide bonds. The van der Waals surface area contributed by atoms with Gasteiger partial charge in [-0.25, -0.2) is 0 Å². The molecule has 0 N–H and O–H groups in total. The third-order valence-corrected chi connectivity index (χ3v) is 2.69. The Morgan fingerprint density at radius 2 is 1.91 bits per heavy atom. The Morgan fingerprint density at radius 1 is 1.27 bits per heavy atom. The topological polar surface area (TPSA) is 0 Å². The van der Waals surface area contributed by atoms with E-state index in [1.165, 1.54) is 19.3 Å². The van der Waals surface area contributed by atoms with Crippen LogP contribution in [0.4, 0.5) is 0 Å². The van der Waals surface area contributed by atoms with Crippen molar-refractivity contribution in [2.45, 2.75) is 40.0 Å². The van der Waals surface area contributed by atoms with Crippen LogP contribution in [0.2, 0.25) is 0 Å². The Bertz CT molecular complexity index is 91.0. The second kappa shape index (κ2) is 5.70. The molecule has 1 saturated carbocycles. The normalized spacial score (nSPS) is 31.6. The second-order valence-corrected chi connectivity index (χ2v) is 4.06. The average molecular weight is 228 g/mol. The maximum absolute atomic E-state index is 2.53. The quantitative estimate of drug-likeness (QED) is 0.604. The summed E-state index contributed by atoms with van der Waals surface area (Å²) in [5.74, 6) is 2.73. The molecule has 1 heteroatoms. The van der Waals surface area contributed by atoms with E-state index in [4.69, 9.17) is 0 Å². The Morgan fingerprint density at radius 3 is 2.27 bits per heavy atom. The largest absolute Gasteiger partial charge is 0.325 e. The van der Waals surface area contributed by atoms with Gasteiger partial charge in [0.05, 0.1) is 0 Å². The standard InChI is InChI=1S/C10H19.Y/c1-8(2)10-6-4-9(3)5-7-10;/h6,8-10H,4-5,7H2,1-3H3;/q-1;. The smallest absolute Gasteiger partial charge is 0 e. The van der Waals surface area contributed by atoms with E-state index in [0.29, 0.717) is 0 Å².